The van der Waals surface area contributed by atoms with E-state index in [1.165, 1.54) is 0 Å². The summed E-state index contributed by atoms with van der Waals surface area (Å²) in [5, 5.41) is 8.91. The average molecular weight is 190 g/mol. The summed E-state index contributed by atoms with van der Waals surface area (Å²) in [4.78, 5) is 0. The molecule has 0 aliphatic rings. The molecule has 0 bridgehead atoms. The van der Waals surface area contributed by atoms with E-state index in [1.54, 1.807) is 6.92 Å². The lowest BCUT2D eigenvalue weighted by atomic mass is 10.3. The highest BCUT2D eigenvalue weighted by Crippen LogP contribution is 1.96. The van der Waals surface area contributed by atoms with Gasteiger partial charge in [0.25, 0.3) is 0 Å². The van der Waals surface area contributed by atoms with Gasteiger partial charge >= 0.3 is 0 Å². The molecule has 0 aromatic carbocycles. The third-order valence-corrected chi connectivity index (χ3v) is 1.61. The van der Waals surface area contributed by atoms with Crippen LogP contribution in [0.2, 0.25) is 0 Å². The van der Waals surface area contributed by atoms with Crippen LogP contribution < -0.4 is 0 Å². The van der Waals surface area contributed by atoms with E-state index in [-0.39, 0.29) is 12.2 Å². The van der Waals surface area contributed by atoms with Crippen LogP contribution in [0.25, 0.3) is 0 Å². The molecule has 3 heteroatoms. The SMILES string of the molecule is CCCCO[C@@H](C)COC[C@H](C)O. The first kappa shape index (κ1) is 12.9. The van der Waals surface area contributed by atoms with Crippen LogP contribution in [-0.2, 0) is 9.47 Å². The first-order valence-electron chi connectivity index (χ1n) is 5.04. The van der Waals surface area contributed by atoms with Gasteiger partial charge in [-0.25, -0.2) is 0 Å². The Bertz CT molecular complexity index is 104. The van der Waals surface area contributed by atoms with Crippen molar-refractivity contribution in [3.05, 3.63) is 0 Å². The van der Waals surface area contributed by atoms with Gasteiger partial charge in [0, 0.05) is 6.61 Å². The molecule has 0 aromatic heterocycles. The molecule has 3 nitrogen and oxygen atoms in total. The maximum atomic E-state index is 8.91. The quantitative estimate of drug-likeness (QED) is 0.591. The van der Waals surface area contributed by atoms with Gasteiger partial charge < -0.3 is 14.6 Å². The first-order valence-corrected chi connectivity index (χ1v) is 5.04. The number of hydrogen-bond acceptors (Lipinski definition) is 3. The predicted molar refractivity (Wildman–Crippen MR) is 52.8 cm³/mol. The number of aliphatic hydroxyl groups excluding tert-OH is 1. The number of hydrogen-bond donors (Lipinski definition) is 1. The lowest BCUT2D eigenvalue weighted by Gasteiger charge is -2.13. The minimum Gasteiger partial charge on any atom is -0.391 e. The van der Waals surface area contributed by atoms with E-state index in [4.69, 9.17) is 14.6 Å². The lowest BCUT2D eigenvalue weighted by molar-refractivity contribution is -0.0288. The van der Waals surface area contributed by atoms with Crippen LogP contribution in [0.15, 0.2) is 0 Å². The largest absolute Gasteiger partial charge is 0.391 e. The van der Waals surface area contributed by atoms with Gasteiger partial charge in [-0.2, -0.15) is 0 Å². The van der Waals surface area contributed by atoms with Crippen molar-refractivity contribution in [2.45, 2.75) is 45.8 Å². The average Bonchev–Trinajstić information content (AvgIpc) is 2.04. The Labute approximate surface area is 81.0 Å². The Morgan fingerprint density at radius 1 is 1.23 bits per heavy atom. The molecule has 1 N–H and O–H groups in total. The second-order valence-corrected chi connectivity index (χ2v) is 3.42. The van der Waals surface area contributed by atoms with Crippen molar-refractivity contribution in [1.82, 2.24) is 0 Å². The topological polar surface area (TPSA) is 38.7 Å². The van der Waals surface area contributed by atoms with Crippen LogP contribution in [0.4, 0.5) is 0 Å². The minimum atomic E-state index is -0.386. The van der Waals surface area contributed by atoms with Crippen LogP contribution in [0.5, 0.6) is 0 Å². The summed E-state index contributed by atoms with van der Waals surface area (Å²) in [7, 11) is 0. The van der Waals surface area contributed by atoms with Crippen molar-refractivity contribution in [1.29, 1.82) is 0 Å². The molecule has 2 atom stereocenters. The van der Waals surface area contributed by atoms with E-state index >= 15 is 0 Å². The van der Waals surface area contributed by atoms with Gasteiger partial charge in [0.2, 0.25) is 0 Å². The molecule has 0 saturated heterocycles. The number of aliphatic hydroxyl groups is 1. The second-order valence-electron chi connectivity index (χ2n) is 3.42. The van der Waals surface area contributed by atoms with Gasteiger partial charge in [-0.05, 0) is 20.3 Å². The lowest BCUT2D eigenvalue weighted by Crippen LogP contribution is -2.20. The molecular formula is C10H22O3. The highest BCUT2D eigenvalue weighted by molar-refractivity contribution is 4.49. The zero-order valence-corrected chi connectivity index (χ0v) is 8.95. The van der Waals surface area contributed by atoms with Crippen LogP contribution >= 0.6 is 0 Å². The van der Waals surface area contributed by atoms with Crippen LogP contribution in [0.3, 0.4) is 0 Å². The first-order chi connectivity index (χ1) is 6.16. The predicted octanol–water partition coefficient (Wildman–Crippen LogP) is 1.59. The van der Waals surface area contributed by atoms with Gasteiger partial charge in [-0.15, -0.1) is 0 Å². The number of ether oxygens (including phenoxy) is 2. The zero-order valence-electron chi connectivity index (χ0n) is 8.95. The standard InChI is InChI=1S/C10H22O3/c1-4-5-6-13-10(3)8-12-7-9(2)11/h9-11H,4-8H2,1-3H3/t9-,10-/m0/s1. The molecule has 0 rings (SSSR count). The summed E-state index contributed by atoms with van der Waals surface area (Å²) in [5.74, 6) is 0. The monoisotopic (exact) mass is 190 g/mol. The molecule has 0 aromatic rings. The smallest absolute Gasteiger partial charge is 0.0780 e. The fourth-order valence-electron chi connectivity index (χ4n) is 0.882. The van der Waals surface area contributed by atoms with E-state index in [0.29, 0.717) is 13.2 Å². The summed E-state index contributed by atoms with van der Waals surface area (Å²) < 4.78 is 10.7. The third kappa shape index (κ3) is 9.80. The van der Waals surface area contributed by atoms with Gasteiger partial charge in [0.15, 0.2) is 0 Å². The summed E-state index contributed by atoms with van der Waals surface area (Å²) in [5.41, 5.74) is 0. The summed E-state index contributed by atoms with van der Waals surface area (Å²) in [6.45, 7) is 7.59. The molecule has 0 aliphatic heterocycles. The van der Waals surface area contributed by atoms with Crippen LogP contribution in [0.1, 0.15) is 33.6 Å². The maximum Gasteiger partial charge on any atom is 0.0780 e. The molecule has 80 valence electrons. The third-order valence-electron chi connectivity index (χ3n) is 1.61. The van der Waals surface area contributed by atoms with Crippen molar-refractivity contribution in [3.8, 4) is 0 Å². The summed E-state index contributed by atoms with van der Waals surface area (Å²) >= 11 is 0. The molecule has 0 spiro atoms. The highest BCUT2D eigenvalue weighted by Gasteiger charge is 2.02. The van der Waals surface area contributed by atoms with E-state index in [1.807, 2.05) is 6.92 Å². The maximum absolute atomic E-state index is 8.91. The van der Waals surface area contributed by atoms with Crippen molar-refractivity contribution >= 4 is 0 Å². The Morgan fingerprint density at radius 2 is 1.92 bits per heavy atom. The number of rotatable bonds is 8. The van der Waals surface area contributed by atoms with Crippen molar-refractivity contribution in [2.75, 3.05) is 19.8 Å². The summed E-state index contributed by atoms with van der Waals surface area (Å²) in [6, 6.07) is 0. The van der Waals surface area contributed by atoms with E-state index in [9.17, 15) is 0 Å². The highest BCUT2D eigenvalue weighted by atomic mass is 16.5. The van der Waals surface area contributed by atoms with E-state index < -0.39 is 0 Å². The van der Waals surface area contributed by atoms with Crippen LogP contribution in [0, 0.1) is 0 Å². The van der Waals surface area contributed by atoms with Crippen molar-refractivity contribution < 1.29 is 14.6 Å². The molecule has 0 aliphatic carbocycles. The van der Waals surface area contributed by atoms with E-state index in [0.717, 1.165) is 19.4 Å². The Kier molecular flexibility index (Phi) is 8.40. The van der Waals surface area contributed by atoms with Gasteiger partial charge in [-0.3, -0.25) is 0 Å². The Morgan fingerprint density at radius 3 is 2.46 bits per heavy atom. The normalized spacial score (nSPS) is 15.7. The molecule has 13 heavy (non-hydrogen) atoms. The molecule has 0 heterocycles. The zero-order chi connectivity index (χ0) is 10.1. The Hall–Kier alpha value is -0.120. The van der Waals surface area contributed by atoms with Crippen LogP contribution in [-0.4, -0.2) is 37.1 Å². The minimum absolute atomic E-state index is 0.130. The van der Waals surface area contributed by atoms with Crippen molar-refractivity contribution in [3.63, 3.8) is 0 Å². The Balaban J connectivity index is 3.15. The molecule has 0 radical (unpaired) electrons. The second kappa shape index (κ2) is 8.48. The number of unbranched alkanes of at least 4 members (excludes halogenated alkanes) is 1. The van der Waals surface area contributed by atoms with Gasteiger partial charge in [0.1, 0.15) is 0 Å². The van der Waals surface area contributed by atoms with Gasteiger partial charge in [0.05, 0.1) is 25.4 Å². The summed E-state index contributed by atoms with van der Waals surface area (Å²) in [6.07, 6.45) is 2.00. The fourth-order valence-corrected chi connectivity index (χ4v) is 0.882. The molecule has 0 amide bonds. The van der Waals surface area contributed by atoms with E-state index in [2.05, 4.69) is 6.92 Å². The fraction of sp³-hybridized carbons (Fsp3) is 1.00. The molecule has 0 saturated carbocycles. The van der Waals surface area contributed by atoms with Gasteiger partial charge in [-0.1, -0.05) is 13.3 Å². The molecule has 0 fully saturated rings. The molecule has 0 unspecified atom stereocenters. The molecular weight excluding hydrogens is 168 g/mol. The van der Waals surface area contributed by atoms with Crippen molar-refractivity contribution in [2.24, 2.45) is 0 Å².